The lowest BCUT2D eigenvalue weighted by Crippen LogP contribution is -2.24. The van der Waals surface area contributed by atoms with E-state index in [1.807, 2.05) is 30.3 Å². The van der Waals surface area contributed by atoms with E-state index >= 15 is 0 Å². The molecule has 6 nitrogen and oxygen atoms in total. The molecule has 0 atom stereocenters. The molecular weight excluding hydrogens is 372 g/mol. The highest BCUT2D eigenvalue weighted by molar-refractivity contribution is 7.97. The molecule has 0 bridgehead atoms. The van der Waals surface area contributed by atoms with E-state index in [0.717, 1.165) is 24.2 Å². The molecule has 0 spiro atoms. The number of hydrogen-bond acceptors (Lipinski definition) is 5. The number of aliphatic imine (C=N–C) groups is 1. The van der Waals surface area contributed by atoms with Crippen LogP contribution in [0.1, 0.15) is 25.0 Å². The molecule has 0 saturated carbocycles. The van der Waals surface area contributed by atoms with Crippen LogP contribution in [0.3, 0.4) is 0 Å². The molecule has 28 heavy (non-hydrogen) atoms. The van der Waals surface area contributed by atoms with Crippen molar-refractivity contribution in [3.8, 4) is 0 Å². The molecule has 7 heteroatoms. The van der Waals surface area contributed by atoms with Crippen molar-refractivity contribution in [3.05, 3.63) is 59.7 Å². The Kier molecular flexibility index (Phi) is 9.24. The summed E-state index contributed by atoms with van der Waals surface area (Å²) in [6, 6.07) is 15.6. The van der Waals surface area contributed by atoms with E-state index in [1.165, 1.54) is 11.2 Å². The first-order valence-electron chi connectivity index (χ1n) is 9.25. The number of amides is 2. The lowest BCUT2D eigenvalue weighted by molar-refractivity contribution is -0.120. The second-order valence-electron chi connectivity index (χ2n) is 5.97. The Balaban J connectivity index is 1.88. The minimum Gasteiger partial charge on any atom is -0.352 e. The predicted octanol–water partition coefficient (Wildman–Crippen LogP) is 3.30. The van der Waals surface area contributed by atoms with Crippen LogP contribution < -0.4 is 10.6 Å². The summed E-state index contributed by atoms with van der Waals surface area (Å²) in [4.78, 5) is 28.0. The molecule has 0 fully saturated rings. The van der Waals surface area contributed by atoms with Crippen molar-refractivity contribution in [2.45, 2.75) is 31.7 Å². The molecular formula is C21H26N4O2S. The molecule has 2 aromatic rings. The topological polar surface area (TPSA) is 73.8 Å². The van der Waals surface area contributed by atoms with Gasteiger partial charge in [0.25, 0.3) is 0 Å². The molecule has 0 unspecified atom stereocenters. The number of nitrogens with one attached hydrogen (secondary N) is 2. The van der Waals surface area contributed by atoms with Gasteiger partial charge in [-0.05, 0) is 41.3 Å². The third-order valence-electron chi connectivity index (χ3n) is 4.04. The third-order valence-corrected chi connectivity index (χ3v) is 5.30. The maximum Gasteiger partial charge on any atom is 0.224 e. The summed E-state index contributed by atoms with van der Waals surface area (Å²) >= 11 is 1.74. The number of hydrogen-bond donors (Lipinski definition) is 2. The number of carbonyl (C=O) groups is 2. The molecule has 0 heterocycles. The van der Waals surface area contributed by atoms with Gasteiger partial charge in [-0.25, -0.2) is 9.30 Å². The number of rotatable bonds is 11. The average Bonchev–Trinajstić information content (AvgIpc) is 2.72. The molecule has 0 aromatic heterocycles. The Bertz CT molecular complexity index is 789. The Morgan fingerprint density at radius 3 is 2.50 bits per heavy atom. The summed E-state index contributed by atoms with van der Waals surface area (Å²) < 4.78 is 2.28. The van der Waals surface area contributed by atoms with Crippen LogP contribution in [-0.4, -0.2) is 36.1 Å². The summed E-state index contributed by atoms with van der Waals surface area (Å²) in [6.07, 6.45) is 2.08. The number of para-hydroxylation sites is 1. The summed E-state index contributed by atoms with van der Waals surface area (Å²) in [5, 5.41) is 5.31. The zero-order valence-electron chi connectivity index (χ0n) is 16.2. The van der Waals surface area contributed by atoms with Crippen LogP contribution in [0.2, 0.25) is 0 Å². The van der Waals surface area contributed by atoms with E-state index in [4.69, 9.17) is 0 Å². The van der Waals surface area contributed by atoms with Gasteiger partial charge >= 0.3 is 0 Å². The van der Waals surface area contributed by atoms with E-state index in [0.29, 0.717) is 18.6 Å². The van der Waals surface area contributed by atoms with Crippen molar-refractivity contribution in [1.82, 2.24) is 14.9 Å². The van der Waals surface area contributed by atoms with Gasteiger partial charge in [0.05, 0.1) is 18.4 Å². The van der Waals surface area contributed by atoms with E-state index in [1.54, 1.807) is 18.0 Å². The van der Waals surface area contributed by atoms with Gasteiger partial charge in [0.15, 0.2) is 0 Å². The van der Waals surface area contributed by atoms with Crippen molar-refractivity contribution in [1.29, 1.82) is 0 Å². The minimum atomic E-state index is -0.0763. The molecule has 0 radical (unpaired) electrons. The standard InChI is InChI=1S/C21H26N4O2S/c1-3-25(4-2)28-19-11-9-17(10-12-19)14-23-21(27)13-18-7-5-6-8-20(18)24-15-22-16-26/h5-12,15-16H,3-4,13-14H2,1-2H3,(H,23,27)(H,22,24,26). The zero-order valence-corrected chi connectivity index (χ0v) is 17.0. The highest BCUT2D eigenvalue weighted by Gasteiger charge is 2.08. The third kappa shape index (κ3) is 7.17. The number of nitrogens with zero attached hydrogens (tertiary/aromatic N) is 2. The van der Waals surface area contributed by atoms with Crippen LogP contribution >= 0.6 is 11.9 Å². The van der Waals surface area contributed by atoms with Gasteiger partial charge in [0.2, 0.25) is 12.3 Å². The first kappa shape index (κ1) is 21.7. The monoisotopic (exact) mass is 398 g/mol. The quantitative estimate of drug-likeness (QED) is 0.264. The highest BCUT2D eigenvalue weighted by atomic mass is 32.2. The molecule has 0 aliphatic carbocycles. The van der Waals surface area contributed by atoms with Crippen LogP contribution in [0.15, 0.2) is 58.4 Å². The van der Waals surface area contributed by atoms with Crippen molar-refractivity contribution < 1.29 is 9.59 Å². The zero-order chi connectivity index (χ0) is 20.2. The van der Waals surface area contributed by atoms with Gasteiger partial charge in [-0.1, -0.05) is 44.2 Å². The maximum atomic E-state index is 12.3. The summed E-state index contributed by atoms with van der Waals surface area (Å²) in [5.41, 5.74) is 2.51. The molecule has 0 saturated heterocycles. The fourth-order valence-electron chi connectivity index (χ4n) is 2.53. The Labute approximate surface area is 170 Å². The van der Waals surface area contributed by atoms with Crippen molar-refractivity contribution in [2.24, 2.45) is 4.99 Å². The highest BCUT2D eigenvalue weighted by Crippen LogP contribution is 2.22. The van der Waals surface area contributed by atoms with E-state index < -0.39 is 0 Å². The Morgan fingerprint density at radius 2 is 1.82 bits per heavy atom. The molecule has 2 rings (SSSR count). The van der Waals surface area contributed by atoms with Crippen molar-refractivity contribution >= 4 is 36.3 Å². The van der Waals surface area contributed by atoms with Crippen molar-refractivity contribution in [3.63, 3.8) is 0 Å². The molecule has 2 N–H and O–H groups in total. The van der Waals surface area contributed by atoms with Crippen LogP contribution in [0.4, 0.5) is 5.69 Å². The van der Waals surface area contributed by atoms with Gasteiger partial charge < -0.3 is 10.6 Å². The molecule has 2 amide bonds. The van der Waals surface area contributed by atoms with Gasteiger partial charge in [-0.2, -0.15) is 0 Å². The normalized spacial score (nSPS) is 11.0. The van der Waals surface area contributed by atoms with E-state index in [-0.39, 0.29) is 12.3 Å². The lowest BCUT2D eigenvalue weighted by Gasteiger charge is -2.16. The fraction of sp³-hybridized carbons (Fsp3) is 0.286. The summed E-state index contributed by atoms with van der Waals surface area (Å²) in [5.74, 6) is -0.0763. The Morgan fingerprint density at radius 1 is 1.11 bits per heavy atom. The van der Waals surface area contributed by atoms with Crippen LogP contribution in [0.25, 0.3) is 0 Å². The number of benzene rings is 2. The van der Waals surface area contributed by atoms with Crippen molar-refractivity contribution in [2.75, 3.05) is 13.1 Å². The van der Waals surface area contributed by atoms with Crippen LogP contribution in [0, 0.1) is 0 Å². The maximum absolute atomic E-state index is 12.3. The molecule has 148 valence electrons. The summed E-state index contributed by atoms with van der Waals surface area (Å²) in [6.45, 7) is 6.75. The second-order valence-corrected chi connectivity index (χ2v) is 7.14. The smallest absolute Gasteiger partial charge is 0.224 e. The summed E-state index contributed by atoms with van der Waals surface area (Å²) in [7, 11) is 0. The minimum absolute atomic E-state index is 0.0763. The Hall–Kier alpha value is -2.64. The molecule has 2 aromatic carbocycles. The largest absolute Gasteiger partial charge is 0.352 e. The first-order chi connectivity index (χ1) is 13.7. The van der Waals surface area contributed by atoms with E-state index in [9.17, 15) is 9.59 Å². The fourth-order valence-corrected chi connectivity index (χ4v) is 3.34. The van der Waals surface area contributed by atoms with Gasteiger partial charge in [0, 0.05) is 24.5 Å². The average molecular weight is 399 g/mol. The molecule has 0 aliphatic heterocycles. The SMILES string of the molecule is CCN(CC)Sc1ccc(CNC(=O)Cc2ccccc2N=CNC=O)cc1. The first-order valence-corrected chi connectivity index (χ1v) is 10.0. The predicted molar refractivity (Wildman–Crippen MR) is 115 cm³/mol. The number of carbonyl (C=O) groups excluding carboxylic acids is 2. The van der Waals surface area contributed by atoms with E-state index in [2.05, 4.69) is 45.9 Å². The van der Waals surface area contributed by atoms with Gasteiger partial charge in [-0.3, -0.25) is 9.59 Å². The van der Waals surface area contributed by atoms with Gasteiger partial charge in [0.1, 0.15) is 0 Å². The molecule has 0 aliphatic rings. The van der Waals surface area contributed by atoms with Gasteiger partial charge in [-0.15, -0.1) is 0 Å². The van der Waals surface area contributed by atoms with Crippen LogP contribution in [-0.2, 0) is 22.6 Å². The van der Waals surface area contributed by atoms with Crippen LogP contribution in [0.5, 0.6) is 0 Å². The second kappa shape index (κ2) is 11.9. The lowest BCUT2D eigenvalue weighted by atomic mass is 10.1.